The molecule has 3 aromatic carbocycles. The average molecular weight is 487 g/mol. The molecule has 1 N–H and O–H groups in total. The van der Waals surface area contributed by atoms with E-state index in [0.29, 0.717) is 22.4 Å². The zero-order valence-electron chi connectivity index (χ0n) is 17.9. The van der Waals surface area contributed by atoms with Crippen LogP contribution in [-0.4, -0.2) is 35.0 Å². The van der Waals surface area contributed by atoms with Crippen LogP contribution in [0.1, 0.15) is 5.56 Å². The van der Waals surface area contributed by atoms with E-state index in [2.05, 4.69) is 4.72 Å². The molecule has 0 aliphatic heterocycles. The van der Waals surface area contributed by atoms with Crippen molar-refractivity contribution < 1.29 is 26.3 Å². The van der Waals surface area contributed by atoms with Crippen LogP contribution in [0.4, 0.5) is 0 Å². The molecule has 0 fully saturated rings. The third kappa shape index (κ3) is 4.45. The quantitative estimate of drug-likeness (QED) is 0.410. The van der Waals surface area contributed by atoms with E-state index in [1.54, 1.807) is 61.7 Å². The van der Waals surface area contributed by atoms with Gasteiger partial charge in [-0.2, -0.15) is 0 Å². The number of ether oxygens (including phenoxy) is 2. The zero-order valence-corrected chi connectivity index (χ0v) is 19.6. The molecule has 0 aliphatic carbocycles. The lowest BCUT2D eigenvalue weighted by Crippen LogP contribution is -2.27. The smallest absolute Gasteiger partial charge is 0.269 e. The minimum atomic E-state index is -4.22. The van der Waals surface area contributed by atoms with Crippen molar-refractivity contribution in [2.75, 3.05) is 14.2 Å². The topological polar surface area (TPSA) is 104 Å². The van der Waals surface area contributed by atoms with E-state index < -0.39 is 20.0 Å². The second-order valence-corrected chi connectivity index (χ2v) is 10.7. The van der Waals surface area contributed by atoms with Gasteiger partial charge in [0.1, 0.15) is 11.5 Å². The molecule has 4 rings (SSSR count). The molecule has 0 unspecified atom stereocenters. The fourth-order valence-corrected chi connectivity index (χ4v) is 6.52. The number of benzene rings is 3. The van der Waals surface area contributed by atoms with E-state index in [0.717, 1.165) is 3.97 Å². The SMILES string of the molecule is COc1ccc(CNS(=O)(=O)c2cc3cc(OC)ccc3n2S(=O)(=O)c2ccccc2)cc1. The minimum Gasteiger partial charge on any atom is -0.497 e. The van der Waals surface area contributed by atoms with Gasteiger partial charge in [-0.15, -0.1) is 0 Å². The molecule has 1 aromatic heterocycles. The third-order valence-corrected chi connectivity index (χ3v) is 8.35. The number of nitrogens with one attached hydrogen (secondary N) is 1. The van der Waals surface area contributed by atoms with Crippen LogP contribution < -0.4 is 14.2 Å². The fraction of sp³-hybridized carbons (Fsp3) is 0.130. The molecule has 0 radical (unpaired) electrons. The number of hydrogen-bond donors (Lipinski definition) is 1. The fourth-order valence-electron chi connectivity index (χ4n) is 3.40. The van der Waals surface area contributed by atoms with Gasteiger partial charge in [0.05, 0.1) is 24.6 Å². The van der Waals surface area contributed by atoms with E-state index in [1.807, 2.05) is 0 Å². The number of nitrogens with zero attached hydrogens (tertiary/aromatic N) is 1. The molecule has 172 valence electrons. The molecule has 4 aromatic rings. The molecular weight excluding hydrogens is 464 g/mol. The van der Waals surface area contributed by atoms with Crippen molar-refractivity contribution in [1.29, 1.82) is 0 Å². The van der Waals surface area contributed by atoms with Gasteiger partial charge in [-0.05, 0) is 54.1 Å². The van der Waals surface area contributed by atoms with Gasteiger partial charge in [-0.1, -0.05) is 30.3 Å². The van der Waals surface area contributed by atoms with Gasteiger partial charge >= 0.3 is 0 Å². The van der Waals surface area contributed by atoms with Gasteiger partial charge in [0, 0.05) is 11.9 Å². The molecule has 0 saturated heterocycles. The summed E-state index contributed by atoms with van der Waals surface area (Å²) in [6.07, 6.45) is 0. The van der Waals surface area contributed by atoms with Crippen LogP contribution >= 0.6 is 0 Å². The van der Waals surface area contributed by atoms with Gasteiger partial charge in [-0.25, -0.2) is 25.5 Å². The number of rotatable bonds is 8. The highest BCUT2D eigenvalue weighted by molar-refractivity contribution is 7.92. The Hall–Kier alpha value is -3.34. The van der Waals surface area contributed by atoms with E-state index >= 15 is 0 Å². The summed E-state index contributed by atoms with van der Waals surface area (Å²) < 4.78 is 67.3. The number of fused-ring (bicyclic) bond motifs is 1. The van der Waals surface area contributed by atoms with E-state index in [4.69, 9.17) is 9.47 Å². The molecule has 0 atom stereocenters. The molecule has 0 spiro atoms. The molecular formula is C23H22N2O6S2. The molecule has 33 heavy (non-hydrogen) atoms. The predicted molar refractivity (Wildman–Crippen MR) is 125 cm³/mol. The Morgan fingerprint density at radius 3 is 2.06 bits per heavy atom. The van der Waals surface area contributed by atoms with Crippen LogP contribution in [0.3, 0.4) is 0 Å². The first-order valence-electron chi connectivity index (χ1n) is 9.89. The molecule has 0 aliphatic rings. The van der Waals surface area contributed by atoms with Crippen molar-refractivity contribution in [3.8, 4) is 11.5 Å². The summed E-state index contributed by atoms with van der Waals surface area (Å²) >= 11 is 0. The van der Waals surface area contributed by atoms with Crippen molar-refractivity contribution in [1.82, 2.24) is 8.69 Å². The lowest BCUT2D eigenvalue weighted by Gasteiger charge is -2.13. The third-order valence-electron chi connectivity index (χ3n) is 5.11. The summed E-state index contributed by atoms with van der Waals surface area (Å²) in [5.41, 5.74) is 0.916. The number of hydrogen-bond acceptors (Lipinski definition) is 6. The van der Waals surface area contributed by atoms with Crippen molar-refractivity contribution in [3.05, 3.63) is 84.4 Å². The summed E-state index contributed by atoms with van der Waals surface area (Å²) in [4.78, 5) is -0.0232. The second kappa shape index (κ2) is 8.89. The predicted octanol–water partition coefficient (Wildman–Crippen LogP) is 3.37. The highest BCUT2D eigenvalue weighted by Crippen LogP contribution is 2.31. The molecule has 0 amide bonds. The number of aromatic nitrogens is 1. The monoisotopic (exact) mass is 486 g/mol. The highest BCUT2D eigenvalue weighted by atomic mass is 32.2. The van der Waals surface area contributed by atoms with Crippen LogP contribution in [0, 0.1) is 0 Å². The standard InChI is InChI=1S/C23H22N2O6S2/c1-30-19-10-8-17(9-11-19)16-24-32(26,27)23-15-18-14-20(31-2)12-13-22(18)25(23)33(28,29)21-6-4-3-5-7-21/h3-15,24H,16H2,1-2H3. The van der Waals surface area contributed by atoms with Gasteiger partial charge < -0.3 is 9.47 Å². The van der Waals surface area contributed by atoms with Gasteiger partial charge in [0.25, 0.3) is 20.0 Å². The van der Waals surface area contributed by atoms with Gasteiger partial charge in [-0.3, -0.25) is 0 Å². The maximum Gasteiger partial charge on any atom is 0.269 e. The first-order chi connectivity index (χ1) is 15.8. The molecule has 10 heteroatoms. The Morgan fingerprint density at radius 2 is 1.42 bits per heavy atom. The van der Waals surface area contributed by atoms with Crippen molar-refractivity contribution in [2.45, 2.75) is 16.5 Å². The molecule has 8 nitrogen and oxygen atoms in total. The van der Waals surface area contributed by atoms with E-state index in [-0.39, 0.29) is 22.0 Å². The number of sulfonamides is 1. The van der Waals surface area contributed by atoms with Crippen LogP contribution in [0.5, 0.6) is 11.5 Å². The maximum atomic E-state index is 13.5. The summed E-state index contributed by atoms with van der Waals surface area (Å²) in [5.74, 6) is 1.12. The van der Waals surface area contributed by atoms with Crippen LogP contribution in [0.15, 0.2) is 88.8 Å². The molecule has 0 saturated carbocycles. The van der Waals surface area contributed by atoms with Gasteiger partial charge in [0.15, 0.2) is 5.03 Å². The summed E-state index contributed by atoms with van der Waals surface area (Å²) in [5, 5.41) is 0.0294. The summed E-state index contributed by atoms with van der Waals surface area (Å²) in [6.45, 7) is -0.0252. The van der Waals surface area contributed by atoms with Crippen molar-refractivity contribution in [2.24, 2.45) is 0 Å². The van der Waals surface area contributed by atoms with E-state index in [1.165, 1.54) is 31.4 Å². The normalized spacial score (nSPS) is 12.1. The summed E-state index contributed by atoms with van der Waals surface area (Å²) in [7, 11) is -5.40. The summed E-state index contributed by atoms with van der Waals surface area (Å²) in [6, 6.07) is 20.6. The van der Waals surface area contributed by atoms with Gasteiger partial charge in [0.2, 0.25) is 0 Å². The Labute approximate surface area is 192 Å². The average Bonchev–Trinajstić information content (AvgIpc) is 3.24. The lowest BCUT2D eigenvalue weighted by molar-refractivity contribution is 0.414. The van der Waals surface area contributed by atoms with E-state index in [9.17, 15) is 16.8 Å². The Bertz CT molecular complexity index is 1490. The maximum absolute atomic E-state index is 13.5. The van der Waals surface area contributed by atoms with Crippen molar-refractivity contribution >= 4 is 30.9 Å². The second-order valence-electron chi connectivity index (χ2n) is 7.16. The van der Waals surface area contributed by atoms with Crippen LogP contribution in [0.25, 0.3) is 10.9 Å². The highest BCUT2D eigenvalue weighted by Gasteiger charge is 2.30. The van der Waals surface area contributed by atoms with Crippen LogP contribution in [0.2, 0.25) is 0 Å². The first-order valence-corrected chi connectivity index (χ1v) is 12.8. The minimum absolute atomic E-state index is 0.0232. The lowest BCUT2D eigenvalue weighted by atomic mass is 10.2. The zero-order chi connectivity index (χ0) is 23.6. The largest absolute Gasteiger partial charge is 0.497 e. The van der Waals surface area contributed by atoms with Crippen LogP contribution in [-0.2, 0) is 26.6 Å². The Kier molecular flexibility index (Phi) is 6.15. The van der Waals surface area contributed by atoms with Crippen molar-refractivity contribution in [3.63, 3.8) is 0 Å². The number of methoxy groups -OCH3 is 2. The molecule has 0 bridgehead atoms. The molecule has 1 heterocycles. The first kappa shape index (κ1) is 22.8. The Morgan fingerprint density at radius 1 is 0.788 bits per heavy atom. The Balaban J connectivity index is 1.82.